The number of rotatable bonds is 2. The molecule has 0 aliphatic heterocycles. The molecule has 1 amide bonds. The number of hydrogen-bond acceptors (Lipinski definition) is 2. The Morgan fingerprint density at radius 1 is 1.11 bits per heavy atom. The highest BCUT2D eigenvalue weighted by atomic mass is 19.1. The molecule has 0 bridgehead atoms. The third kappa shape index (κ3) is 2.54. The maximum Gasteiger partial charge on any atom is 0.261 e. The normalized spacial score (nSPS) is 10.3. The Morgan fingerprint density at radius 2 is 1.79 bits per heavy atom. The first kappa shape index (κ1) is 13.0. The molecular formula is C14H12F2N2O. The van der Waals surface area contributed by atoms with Crippen LogP contribution in [0.3, 0.4) is 0 Å². The first-order valence-electron chi connectivity index (χ1n) is 5.58. The second-order valence-corrected chi connectivity index (χ2v) is 4.05. The van der Waals surface area contributed by atoms with Crippen LogP contribution in [-0.4, -0.2) is 13.0 Å². The van der Waals surface area contributed by atoms with Crippen molar-refractivity contribution >= 4 is 17.3 Å². The van der Waals surface area contributed by atoms with Gasteiger partial charge in [0.1, 0.15) is 11.6 Å². The van der Waals surface area contributed by atoms with Gasteiger partial charge in [-0.15, -0.1) is 0 Å². The number of nitrogens with zero attached hydrogens (tertiary/aromatic N) is 1. The SMILES string of the molecule is CN(C(=O)c1ccc(N)cc1F)c1ccccc1F. The van der Waals surface area contributed by atoms with E-state index in [0.29, 0.717) is 0 Å². The number of carbonyl (C=O) groups is 1. The quantitative estimate of drug-likeness (QED) is 0.846. The van der Waals surface area contributed by atoms with E-state index >= 15 is 0 Å². The molecule has 2 aromatic rings. The lowest BCUT2D eigenvalue weighted by Gasteiger charge is -2.18. The zero-order chi connectivity index (χ0) is 14.0. The largest absolute Gasteiger partial charge is 0.399 e. The van der Waals surface area contributed by atoms with Crippen molar-refractivity contribution < 1.29 is 13.6 Å². The van der Waals surface area contributed by atoms with Crippen molar-refractivity contribution in [3.8, 4) is 0 Å². The molecule has 5 heteroatoms. The minimum atomic E-state index is -0.729. The van der Waals surface area contributed by atoms with Gasteiger partial charge in [0.05, 0.1) is 11.3 Å². The number of nitrogen functional groups attached to an aromatic ring is 1. The van der Waals surface area contributed by atoms with Gasteiger partial charge in [-0.3, -0.25) is 4.79 Å². The van der Waals surface area contributed by atoms with Crippen LogP contribution >= 0.6 is 0 Å². The summed E-state index contributed by atoms with van der Waals surface area (Å²) in [4.78, 5) is 13.2. The van der Waals surface area contributed by atoms with Gasteiger partial charge in [0.15, 0.2) is 0 Å². The summed E-state index contributed by atoms with van der Waals surface area (Å²) < 4.78 is 27.2. The first-order valence-corrected chi connectivity index (χ1v) is 5.58. The summed E-state index contributed by atoms with van der Waals surface area (Å²) >= 11 is 0. The molecule has 0 aliphatic rings. The Bertz CT molecular complexity index is 629. The van der Waals surface area contributed by atoms with E-state index in [4.69, 9.17) is 5.73 Å². The maximum atomic E-state index is 13.7. The molecular weight excluding hydrogens is 250 g/mol. The number of para-hydroxylation sites is 1. The van der Waals surface area contributed by atoms with E-state index in [1.54, 1.807) is 6.07 Å². The maximum absolute atomic E-state index is 13.7. The Hall–Kier alpha value is -2.43. The lowest BCUT2D eigenvalue weighted by atomic mass is 10.1. The lowest BCUT2D eigenvalue weighted by Crippen LogP contribution is -2.28. The topological polar surface area (TPSA) is 46.3 Å². The molecule has 0 radical (unpaired) electrons. The van der Waals surface area contributed by atoms with Crippen LogP contribution in [0.1, 0.15) is 10.4 Å². The molecule has 0 fully saturated rings. The fraction of sp³-hybridized carbons (Fsp3) is 0.0714. The number of halogens is 2. The van der Waals surface area contributed by atoms with Crippen molar-refractivity contribution in [3.05, 3.63) is 59.7 Å². The van der Waals surface area contributed by atoms with Crippen molar-refractivity contribution in [1.82, 2.24) is 0 Å². The van der Waals surface area contributed by atoms with Gasteiger partial charge in [0, 0.05) is 12.7 Å². The molecule has 2 N–H and O–H groups in total. The minimum Gasteiger partial charge on any atom is -0.399 e. The summed E-state index contributed by atoms with van der Waals surface area (Å²) in [7, 11) is 1.39. The number of anilines is 2. The summed E-state index contributed by atoms with van der Waals surface area (Å²) in [6, 6.07) is 9.56. The second-order valence-electron chi connectivity index (χ2n) is 4.05. The molecule has 0 aromatic heterocycles. The molecule has 0 unspecified atom stereocenters. The second kappa shape index (κ2) is 5.06. The van der Waals surface area contributed by atoms with Crippen LogP contribution in [0.25, 0.3) is 0 Å². The van der Waals surface area contributed by atoms with E-state index in [1.165, 1.54) is 37.4 Å². The smallest absolute Gasteiger partial charge is 0.261 e. The summed E-state index contributed by atoms with van der Waals surface area (Å²) in [6.45, 7) is 0. The van der Waals surface area contributed by atoms with Crippen LogP contribution in [0.2, 0.25) is 0 Å². The van der Waals surface area contributed by atoms with Crippen molar-refractivity contribution in [2.24, 2.45) is 0 Å². The predicted molar refractivity (Wildman–Crippen MR) is 69.9 cm³/mol. The van der Waals surface area contributed by atoms with Crippen molar-refractivity contribution in [2.45, 2.75) is 0 Å². The molecule has 0 spiro atoms. The van der Waals surface area contributed by atoms with Gasteiger partial charge in [-0.25, -0.2) is 8.78 Å². The molecule has 0 aliphatic carbocycles. The van der Waals surface area contributed by atoms with Crippen molar-refractivity contribution in [3.63, 3.8) is 0 Å². The minimum absolute atomic E-state index is 0.0868. The molecule has 0 heterocycles. The molecule has 0 atom stereocenters. The zero-order valence-corrected chi connectivity index (χ0v) is 10.2. The Morgan fingerprint density at radius 3 is 2.42 bits per heavy atom. The number of hydrogen-bond donors (Lipinski definition) is 1. The van der Waals surface area contributed by atoms with Gasteiger partial charge in [-0.05, 0) is 30.3 Å². The van der Waals surface area contributed by atoms with Crippen LogP contribution in [0.15, 0.2) is 42.5 Å². The standard InChI is InChI=1S/C14H12F2N2O/c1-18(13-5-3-2-4-11(13)15)14(19)10-7-6-9(17)8-12(10)16/h2-8H,17H2,1H3. The van der Waals surface area contributed by atoms with Gasteiger partial charge < -0.3 is 10.6 Å². The van der Waals surface area contributed by atoms with E-state index in [9.17, 15) is 13.6 Å². The van der Waals surface area contributed by atoms with Crippen LogP contribution < -0.4 is 10.6 Å². The van der Waals surface area contributed by atoms with Crippen LogP contribution in [0.4, 0.5) is 20.2 Å². The molecule has 98 valence electrons. The predicted octanol–water partition coefficient (Wildman–Crippen LogP) is 2.82. The van der Waals surface area contributed by atoms with Crippen molar-refractivity contribution in [2.75, 3.05) is 17.7 Å². The highest BCUT2D eigenvalue weighted by Crippen LogP contribution is 2.21. The lowest BCUT2D eigenvalue weighted by molar-refractivity contribution is 0.0988. The van der Waals surface area contributed by atoms with E-state index in [-0.39, 0.29) is 16.9 Å². The van der Waals surface area contributed by atoms with E-state index in [0.717, 1.165) is 11.0 Å². The van der Waals surface area contributed by atoms with Gasteiger partial charge in [-0.1, -0.05) is 12.1 Å². The van der Waals surface area contributed by atoms with Crippen LogP contribution in [-0.2, 0) is 0 Å². The fourth-order valence-electron chi connectivity index (χ4n) is 1.72. The molecule has 0 saturated carbocycles. The highest BCUT2D eigenvalue weighted by Gasteiger charge is 2.19. The molecule has 0 saturated heterocycles. The fourth-order valence-corrected chi connectivity index (χ4v) is 1.72. The molecule has 19 heavy (non-hydrogen) atoms. The van der Waals surface area contributed by atoms with Crippen LogP contribution in [0, 0.1) is 11.6 Å². The number of nitrogens with two attached hydrogens (primary N) is 1. The van der Waals surface area contributed by atoms with Gasteiger partial charge in [0.25, 0.3) is 5.91 Å². The summed E-state index contributed by atoms with van der Waals surface area (Å²) in [5, 5.41) is 0. The third-order valence-electron chi connectivity index (χ3n) is 2.74. The zero-order valence-electron chi connectivity index (χ0n) is 10.2. The van der Waals surface area contributed by atoms with Gasteiger partial charge in [-0.2, -0.15) is 0 Å². The summed E-state index contributed by atoms with van der Waals surface area (Å²) in [6.07, 6.45) is 0. The Kier molecular flexibility index (Phi) is 3.46. The number of carbonyl (C=O) groups excluding carboxylic acids is 1. The highest BCUT2D eigenvalue weighted by molar-refractivity contribution is 6.06. The average molecular weight is 262 g/mol. The molecule has 2 rings (SSSR count). The average Bonchev–Trinajstić information content (AvgIpc) is 2.38. The monoisotopic (exact) mass is 262 g/mol. The summed E-state index contributed by atoms with van der Waals surface area (Å²) in [5.74, 6) is -1.91. The van der Waals surface area contributed by atoms with E-state index in [2.05, 4.69) is 0 Å². The van der Waals surface area contributed by atoms with Crippen LogP contribution in [0.5, 0.6) is 0 Å². The number of benzene rings is 2. The Balaban J connectivity index is 2.37. The van der Waals surface area contributed by atoms with E-state index < -0.39 is 17.5 Å². The summed E-state index contributed by atoms with van der Waals surface area (Å²) in [5.41, 5.74) is 5.57. The van der Waals surface area contributed by atoms with Crippen molar-refractivity contribution in [1.29, 1.82) is 0 Å². The molecule has 3 nitrogen and oxygen atoms in total. The third-order valence-corrected chi connectivity index (χ3v) is 2.74. The Labute approximate surface area is 109 Å². The molecule has 2 aromatic carbocycles. The first-order chi connectivity index (χ1) is 9.00. The van der Waals surface area contributed by atoms with Gasteiger partial charge in [0.2, 0.25) is 0 Å². The van der Waals surface area contributed by atoms with Gasteiger partial charge >= 0.3 is 0 Å². The van der Waals surface area contributed by atoms with E-state index in [1.807, 2.05) is 0 Å². The number of amides is 1.